The molecule has 0 aromatic rings. The van der Waals surface area contributed by atoms with Gasteiger partial charge < -0.3 is 10.0 Å². The van der Waals surface area contributed by atoms with Crippen molar-refractivity contribution >= 4 is 5.97 Å². The molecule has 17 heavy (non-hydrogen) atoms. The maximum atomic E-state index is 11.0. The van der Waals surface area contributed by atoms with Crippen molar-refractivity contribution in [2.45, 2.75) is 59.4 Å². The fourth-order valence-electron chi connectivity index (χ4n) is 2.02. The van der Waals surface area contributed by atoms with Gasteiger partial charge in [-0.15, -0.1) is 0 Å². The van der Waals surface area contributed by atoms with Crippen LogP contribution in [-0.2, 0) is 4.79 Å². The lowest BCUT2D eigenvalue weighted by molar-refractivity contribution is -0.147. The van der Waals surface area contributed by atoms with E-state index in [1.165, 1.54) is 19.4 Å². The summed E-state index contributed by atoms with van der Waals surface area (Å²) in [5.74, 6) is 0.223. The molecule has 0 aromatic carbocycles. The van der Waals surface area contributed by atoms with E-state index >= 15 is 0 Å². The van der Waals surface area contributed by atoms with Crippen molar-refractivity contribution in [3.8, 4) is 0 Å². The molecular weight excluding hydrogens is 214 g/mol. The Morgan fingerprint density at radius 1 is 1.41 bits per heavy atom. The first kappa shape index (κ1) is 14.5. The summed E-state index contributed by atoms with van der Waals surface area (Å²) in [4.78, 5) is 13.5. The molecular formula is C14H27NO2. The highest BCUT2D eigenvalue weighted by atomic mass is 16.4. The Kier molecular flexibility index (Phi) is 4.99. The fourth-order valence-corrected chi connectivity index (χ4v) is 2.02. The first-order valence-electron chi connectivity index (χ1n) is 6.80. The van der Waals surface area contributed by atoms with Crippen LogP contribution in [0.1, 0.15) is 53.4 Å². The molecule has 3 heteroatoms. The summed E-state index contributed by atoms with van der Waals surface area (Å²) >= 11 is 0. The van der Waals surface area contributed by atoms with Crippen molar-refractivity contribution in [1.29, 1.82) is 0 Å². The van der Waals surface area contributed by atoms with Gasteiger partial charge >= 0.3 is 5.97 Å². The molecule has 0 radical (unpaired) electrons. The third kappa shape index (κ3) is 5.07. The predicted molar refractivity (Wildman–Crippen MR) is 70.1 cm³/mol. The van der Waals surface area contributed by atoms with Gasteiger partial charge in [-0.1, -0.05) is 0 Å². The van der Waals surface area contributed by atoms with Crippen molar-refractivity contribution in [3.63, 3.8) is 0 Å². The molecule has 1 saturated carbocycles. The third-order valence-electron chi connectivity index (χ3n) is 3.75. The second kappa shape index (κ2) is 5.85. The molecule has 1 aliphatic rings. The van der Waals surface area contributed by atoms with Crippen molar-refractivity contribution in [1.82, 2.24) is 4.90 Å². The second-order valence-electron chi connectivity index (χ2n) is 6.32. The van der Waals surface area contributed by atoms with Gasteiger partial charge in [0.2, 0.25) is 0 Å². The van der Waals surface area contributed by atoms with Crippen LogP contribution in [0.25, 0.3) is 0 Å². The zero-order chi connectivity index (χ0) is 13.1. The Hall–Kier alpha value is -0.570. The van der Waals surface area contributed by atoms with Crippen LogP contribution in [0.3, 0.4) is 0 Å². The van der Waals surface area contributed by atoms with Gasteiger partial charge in [0.25, 0.3) is 0 Å². The van der Waals surface area contributed by atoms with Crippen molar-refractivity contribution in [2.75, 3.05) is 13.1 Å². The second-order valence-corrected chi connectivity index (χ2v) is 6.32. The van der Waals surface area contributed by atoms with E-state index in [4.69, 9.17) is 5.11 Å². The summed E-state index contributed by atoms with van der Waals surface area (Å²) in [6.45, 7) is 10.3. The van der Waals surface area contributed by atoms with Crippen molar-refractivity contribution < 1.29 is 9.90 Å². The van der Waals surface area contributed by atoms with Gasteiger partial charge in [-0.2, -0.15) is 0 Å². The Bertz CT molecular complexity index is 257. The van der Waals surface area contributed by atoms with E-state index in [1.54, 1.807) is 0 Å². The number of carboxylic acid groups (broad SMARTS) is 1. The molecule has 3 nitrogen and oxygen atoms in total. The van der Waals surface area contributed by atoms with Crippen LogP contribution in [0.2, 0.25) is 0 Å². The molecule has 1 rings (SSSR count). The maximum absolute atomic E-state index is 11.0. The Balaban J connectivity index is 2.28. The molecule has 0 heterocycles. The zero-order valence-electron chi connectivity index (χ0n) is 11.7. The van der Waals surface area contributed by atoms with E-state index in [1.807, 2.05) is 13.8 Å². The van der Waals surface area contributed by atoms with Crippen LogP contribution in [0.4, 0.5) is 0 Å². The minimum Gasteiger partial charge on any atom is -0.481 e. The zero-order valence-corrected chi connectivity index (χ0v) is 11.7. The first-order valence-corrected chi connectivity index (χ1v) is 6.80. The Morgan fingerprint density at radius 2 is 2.00 bits per heavy atom. The van der Waals surface area contributed by atoms with Gasteiger partial charge in [-0.25, -0.2) is 0 Å². The summed E-state index contributed by atoms with van der Waals surface area (Å²) in [7, 11) is 0. The molecule has 1 N–H and O–H groups in total. The number of nitrogens with zero attached hydrogens (tertiary/aromatic N) is 1. The van der Waals surface area contributed by atoms with E-state index in [0.717, 1.165) is 25.3 Å². The fraction of sp³-hybridized carbons (Fsp3) is 0.929. The SMILES string of the molecule is CC(C)N(CCCC(C)(C)C(=O)O)CC1CC1. The number of hydrogen-bond donors (Lipinski definition) is 1. The molecule has 0 spiro atoms. The Labute approximate surface area is 105 Å². The average Bonchev–Trinajstić information content (AvgIpc) is 2.99. The van der Waals surface area contributed by atoms with Gasteiger partial charge in [0.15, 0.2) is 0 Å². The van der Waals surface area contributed by atoms with Crippen LogP contribution >= 0.6 is 0 Å². The number of carboxylic acids is 1. The highest BCUT2D eigenvalue weighted by Gasteiger charge is 2.28. The molecule has 1 aliphatic carbocycles. The predicted octanol–water partition coefficient (Wildman–Crippen LogP) is 3.00. The molecule has 0 unspecified atom stereocenters. The molecule has 0 atom stereocenters. The van der Waals surface area contributed by atoms with Gasteiger partial charge in [0.1, 0.15) is 0 Å². The number of aliphatic carboxylic acids is 1. The topological polar surface area (TPSA) is 40.5 Å². The summed E-state index contributed by atoms with van der Waals surface area (Å²) in [6.07, 6.45) is 4.49. The number of carbonyl (C=O) groups is 1. The van der Waals surface area contributed by atoms with Crippen molar-refractivity contribution in [2.24, 2.45) is 11.3 Å². The van der Waals surface area contributed by atoms with E-state index in [-0.39, 0.29) is 0 Å². The van der Waals surface area contributed by atoms with Crippen LogP contribution in [0, 0.1) is 11.3 Å². The van der Waals surface area contributed by atoms with Gasteiger partial charge in [-0.05, 0) is 65.8 Å². The first-order chi connectivity index (χ1) is 7.83. The molecule has 0 amide bonds. The average molecular weight is 241 g/mol. The number of rotatable bonds is 8. The van der Waals surface area contributed by atoms with E-state index in [2.05, 4.69) is 18.7 Å². The normalized spacial score (nSPS) is 16.8. The van der Waals surface area contributed by atoms with Crippen LogP contribution in [0.15, 0.2) is 0 Å². The minimum absolute atomic E-state index is 0.573. The summed E-state index contributed by atoms with van der Waals surface area (Å²) in [5.41, 5.74) is -0.581. The van der Waals surface area contributed by atoms with E-state index in [9.17, 15) is 4.79 Å². The highest BCUT2D eigenvalue weighted by Crippen LogP contribution is 2.30. The van der Waals surface area contributed by atoms with E-state index < -0.39 is 11.4 Å². The summed E-state index contributed by atoms with van der Waals surface area (Å²) in [5, 5.41) is 9.06. The lowest BCUT2D eigenvalue weighted by Crippen LogP contribution is -2.34. The summed E-state index contributed by atoms with van der Waals surface area (Å²) < 4.78 is 0. The van der Waals surface area contributed by atoms with E-state index in [0.29, 0.717) is 6.04 Å². The quantitative estimate of drug-likeness (QED) is 0.710. The highest BCUT2D eigenvalue weighted by molar-refractivity contribution is 5.73. The van der Waals surface area contributed by atoms with Gasteiger partial charge in [0.05, 0.1) is 5.41 Å². The third-order valence-corrected chi connectivity index (χ3v) is 3.75. The molecule has 0 aromatic heterocycles. The lowest BCUT2D eigenvalue weighted by Gasteiger charge is -2.28. The molecule has 0 saturated heterocycles. The lowest BCUT2D eigenvalue weighted by atomic mass is 9.88. The molecule has 0 aliphatic heterocycles. The van der Waals surface area contributed by atoms with Gasteiger partial charge in [-0.3, -0.25) is 4.79 Å². The smallest absolute Gasteiger partial charge is 0.309 e. The minimum atomic E-state index is -0.684. The molecule has 100 valence electrons. The maximum Gasteiger partial charge on any atom is 0.309 e. The van der Waals surface area contributed by atoms with Crippen LogP contribution in [0.5, 0.6) is 0 Å². The molecule has 1 fully saturated rings. The van der Waals surface area contributed by atoms with Gasteiger partial charge in [0, 0.05) is 12.6 Å². The van der Waals surface area contributed by atoms with Crippen LogP contribution in [-0.4, -0.2) is 35.1 Å². The molecule has 0 bridgehead atoms. The summed E-state index contributed by atoms with van der Waals surface area (Å²) in [6, 6.07) is 0.573. The monoisotopic (exact) mass is 241 g/mol. The van der Waals surface area contributed by atoms with Crippen LogP contribution < -0.4 is 0 Å². The number of hydrogen-bond acceptors (Lipinski definition) is 2. The largest absolute Gasteiger partial charge is 0.481 e. The standard InChI is InChI=1S/C14H27NO2/c1-11(2)15(10-12-6-7-12)9-5-8-14(3,4)13(16)17/h11-12H,5-10H2,1-4H3,(H,16,17). The van der Waals surface area contributed by atoms with Crippen molar-refractivity contribution in [3.05, 3.63) is 0 Å². The Morgan fingerprint density at radius 3 is 2.41 bits per heavy atom.